The molecule has 1 fully saturated rings. The highest BCUT2D eigenvalue weighted by atomic mass is 32.2. The maximum Gasteiger partial charge on any atom is 0.324 e. The Morgan fingerprint density at radius 1 is 1.61 bits per heavy atom. The van der Waals surface area contributed by atoms with Crippen molar-refractivity contribution in [3.63, 3.8) is 0 Å². The molecule has 1 unspecified atom stereocenters. The first-order valence-corrected chi connectivity index (χ1v) is 7.52. The van der Waals surface area contributed by atoms with Crippen molar-refractivity contribution in [3.8, 4) is 0 Å². The fraction of sp³-hybridized carbons (Fsp3) is 0.900. The van der Waals surface area contributed by atoms with Gasteiger partial charge >= 0.3 is 5.97 Å². The maximum absolute atomic E-state index is 12.1. The second kappa shape index (κ2) is 6.46. The average Bonchev–Trinajstić information content (AvgIpc) is 2.78. The highest BCUT2D eigenvalue weighted by Crippen LogP contribution is 2.21. The van der Waals surface area contributed by atoms with E-state index in [0.29, 0.717) is 19.4 Å². The lowest BCUT2D eigenvalue weighted by Gasteiger charge is -2.24. The van der Waals surface area contributed by atoms with Crippen LogP contribution in [0.5, 0.6) is 0 Å². The Kier molecular flexibility index (Phi) is 5.51. The van der Waals surface area contributed by atoms with E-state index in [4.69, 9.17) is 10.5 Å². The van der Waals surface area contributed by atoms with Crippen LogP contribution in [0, 0.1) is 0 Å². The minimum Gasteiger partial charge on any atom is -0.465 e. The van der Waals surface area contributed by atoms with E-state index in [1.54, 1.807) is 13.8 Å². The molecule has 1 saturated heterocycles. The van der Waals surface area contributed by atoms with Crippen LogP contribution in [0.2, 0.25) is 0 Å². The number of carbonyl (C=O) groups is 1. The van der Waals surface area contributed by atoms with Crippen molar-refractivity contribution >= 4 is 16.2 Å². The summed E-state index contributed by atoms with van der Waals surface area (Å²) in [6.07, 6.45) is 1.15. The van der Waals surface area contributed by atoms with Crippen molar-refractivity contribution in [2.75, 3.05) is 19.7 Å². The highest BCUT2D eigenvalue weighted by Gasteiger charge is 2.39. The fourth-order valence-corrected chi connectivity index (χ4v) is 3.51. The van der Waals surface area contributed by atoms with Crippen molar-refractivity contribution in [2.24, 2.45) is 5.73 Å². The van der Waals surface area contributed by atoms with E-state index in [1.807, 2.05) is 0 Å². The Hall–Kier alpha value is -0.700. The van der Waals surface area contributed by atoms with Gasteiger partial charge in [0.05, 0.1) is 6.61 Å². The molecule has 0 aromatic carbocycles. The van der Waals surface area contributed by atoms with Crippen molar-refractivity contribution < 1.29 is 17.9 Å². The molecule has 7 nitrogen and oxygen atoms in total. The molecule has 1 aliphatic rings. The molecule has 0 bridgehead atoms. The van der Waals surface area contributed by atoms with Crippen LogP contribution in [-0.4, -0.2) is 50.5 Å². The lowest BCUT2D eigenvalue weighted by atomic mass is 10.2. The monoisotopic (exact) mass is 279 g/mol. The minimum absolute atomic E-state index is 0.205. The molecule has 1 heterocycles. The first-order valence-electron chi connectivity index (χ1n) is 6.08. The summed E-state index contributed by atoms with van der Waals surface area (Å²) in [5.41, 5.74) is 5.38. The van der Waals surface area contributed by atoms with E-state index in [1.165, 1.54) is 0 Å². The molecule has 8 heteroatoms. The maximum atomic E-state index is 12.1. The molecular weight excluding hydrogens is 258 g/mol. The van der Waals surface area contributed by atoms with Crippen LogP contribution in [0.3, 0.4) is 0 Å². The summed E-state index contributed by atoms with van der Waals surface area (Å²) in [6.45, 7) is 4.15. The van der Waals surface area contributed by atoms with E-state index >= 15 is 0 Å². The summed E-state index contributed by atoms with van der Waals surface area (Å²) < 4.78 is 32.6. The zero-order valence-corrected chi connectivity index (χ0v) is 11.6. The molecule has 0 saturated carbocycles. The third-order valence-electron chi connectivity index (χ3n) is 2.77. The van der Waals surface area contributed by atoms with Gasteiger partial charge in [-0.2, -0.15) is 17.4 Å². The quantitative estimate of drug-likeness (QED) is 0.620. The van der Waals surface area contributed by atoms with Crippen LogP contribution < -0.4 is 10.5 Å². The highest BCUT2D eigenvalue weighted by molar-refractivity contribution is 7.87. The van der Waals surface area contributed by atoms with Crippen LogP contribution >= 0.6 is 0 Å². The third kappa shape index (κ3) is 3.64. The van der Waals surface area contributed by atoms with Crippen LogP contribution in [0.25, 0.3) is 0 Å². The summed E-state index contributed by atoms with van der Waals surface area (Å²) in [7, 11) is -3.68. The molecule has 106 valence electrons. The zero-order chi connectivity index (χ0) is 13.8. The van der Waals surface area contributed by atoms with E-state index in [9.17, 15) is 13.2 Å². The normalized spacial score (nSPS) is 22.9. The van der Waals surface area contributed by atoms with Gasteiger partial charge < -0.3 is 10.5 Å². The second-order valence-corrected chi connectivity index (χ2v) is 5.94. The van der Waals surface area contributed by atoms with Gasteiger partial charge in [-0.1, -0.05) is 0 Å². The molecule has 0 aromatic rings. The standard InChI is InChI=1S/C10H21N3O4S/c1-3-17-10(14)9-5-4-6-13(9)18(15,16)12-8(2)7-11/h8-9,12H,3-7,11H2,1-2H3/t8-,9?/m1/s1. The first-order chi connectivity index (χ1) is 8.42. The van der Waals surface area contributed by atoms with E-state index in [0.717, 1.165) is 4.31 Å². The second-order valence-electron chi connectivity index (χ2n) is 4.28. The van der Waals surface area contributed by atoms with Gasteiger partial charge in [-0.3, -0.25) is 4.79 Å². The summed E-state index contributed by atoms with van der Waals surface area (Å²) in [5.74, 6) is -0.485. The van der Waals surface area contributed by atoms with E-state index in [-0.39, 0.29) is 19.2 Å². The number of rotatable bonds is 6. The average molecular weight is 279 g/mol. The third-order valence-corrected chi connectivity index (χ3v) is 4.53. The lowest BCUT2D eigenvalue weighted by molar-refractivity contribution is -0.146. The molecule has 2 atom stereocenters. The molecule has 0 aromatic heterocycles. The molecule has 0 radical (unpaired) electrons. The van der Waals surface area contributed by atoms with Gasteiger partial charge in [0, 0.05) is 19.1 Å². The number of esters is 1. The predicted molar refractivity (Wildman–Crippen MR) is 66.9 cm³/mol. The summed E-state index contributed by atoms with van der Waals surface area (Å²) >= 11 is 0. The van der Waals surface area contributed by atoms with Gasteiger partial charge in [0.2, 0.25) is 0 Å². The first kappa shape index (κ1) is 15.4. The number of hydrogen-bond acceptors (Lipinski definition) is 5. The summed E-state index contributed by atoms with van der Waals surface area (Å²) in [6, 6.07) is -1.08. The van der Waals surface area contributed by atoms with Crippen LogP contribution in [0.4, 0.5) is 0 Å². The number of carbonyl (C=O) groups excluding carboxylic acids is 1. The van der Waals surface area contributed by atoms with Gasteiger partial charge in [-0.15, -0.1) is 0 Å². The number of nitrogens with zero attached hydrogens (tertiary/aromatic N) is 1. The van der Waals surface area contributed by atoms with Crippen molar-refractivity contribution in [1.29, 1.82) is 0 Å². The van der Waals surface area contributed by atoms with Gasteiger partial charge in [0.1, 0.15) is 6.04 Å². The van der Waals surface area contributed by atoms with Gasteiger partial charge in [-0.25, -0.2) is 0 Å². The molecule has 0 spiro atoms. The van der Waals surface area contributed by atoms with Gasteiger partial charge in [0.15, 0.2) is 0 Å². The van der Waals surface area contributed by atoms with Crippen molar-refractivity contribution in [2.45, 2.75) is 38.8 Å². The van der Waals surface area contributed by atoms with Crippen molar-refractivity contribution in [1.82, 2.24) is 9.03 Å². The molecule has 0 aliphatic carbocycles. The smallest absolute Gasteiger partial charge is 0.324 e. The van der Waals surface area contributed by atoms with Crippen LogP contribution in [-0.2, 0) is 19.7 Å². The SMILES string of the molecule is CCOC(=O)C1CCCN1S(=O)(=O)N[C@H](C)CN. The molecule has 0 amide bonds. The Bertz CT molecular complexity index is 385. The van der Waals surface area contributed by atoms with Gasteiger partial charge in [-0.05, 0) is 26.7 Å². The van der Waals surface area contributed by atoms with Crippen LogP contribution in [0.15, 0.2) is 0 Å². The van der Waals surface area contributed by atoms with E-state index < -0.39 is 22.2 Å². The largest absolute Gasteiger partial charge is 0.465 e. The molecule has 1 aliphatic heterocycles. The van der Waals surface area contributed by atoms with Crippen LogP contribution in [0.1, 0.15) is 26.7 Å². The van der Waals surface area contributed by atoms with Crippen molar-refractivity contribution in [3.05, 3.63) is 0 Å². The number of ether oxygens (including phenoxy) is 1. The fourth-order valence-electron chi connectivity index (χ4n) is 1.87. The topological polar surface area (TPSA) is 102 Å². The zero-order valence-electron chi connectivity index (χ0n) is 10.8. The molecule has 1 rings (SSSR count). The number of nitrogens with two attached hydrogens (primary N) is 1. The molecule has 3 N–H and O–H groups in total. The molecule has 18 heavy (non-hydrogen) atoms. The Morgan fingerprint density at radius 3 is 2.83 bits per heavy atom. The lowest BCUT2D eigenvalue weighted by Crippen LogP contribution is -2.50. The Balaban J connectivity index is 2.77. The minimum atomic E-state index is -3.68. The van der Waals surface area contributed by atoms with Gasteiger partial charge in [0.25, 0.3) is 10.2 Å². The Labute approximate surface area is 108 Å². The number of hydrogen-bond donors (Lipinski definition) is 2. The number of nitrogens with one attached hydrogen (secondary N) is 1. The summed E-state index contributed by atoms with van der Waals surface area (Å²) in [4.78, 5) is 11.7. The predicted octanol–water partition coefficient (Wildman–Crippen LogP) is -0.804. The van der Waals surface area contributed by atoms with E-state index in [2.05, 4.69) is 4.72 Å². The molecular formula is C10H21N3O4S. The summed E-state index contributed by atoms with van der Waals surface area (Å²) in [5, 5.41) is 0. The Morgan fingerprint density at radius 2 is 2.28 bits per heavy atom.